The normalized spacial score (nSPS) is 19.2. The van der Waals surface area contributed by atoms with E-state index < -0.39 is 11.9 Å². The molecule has 3 aromatic heterocycles. The molecular weight excluding hydrogens is 445 g/mol. The SMILES string of the molecule is [B]NC(=O)[C@@H]1CC(C)(C)[C@@H](C)N1C(=O)Cn1nc(C(C)=O)c2cc(-c3cnc(C)nc3)nc(C)c21. The Balaban J connectivity index is 1.77. The maximum absolute atomic E-state index is 13.5. The molecule has 1 saturated heterocycles. The van der Waals surface area contributed by atoms with Crippen LogP contribution in [0.15, 0.2) is 18.5 Å². The monoisotopic (exact) mass is 473 g/mol. The first-order chi connectivity index (χ1) is 16.4. The highest BCUT2D eigenvalue weighted by molar-refractivity contribution is 6.15. The molecule has 11 heteroatoms. The topological polar surface area (TPSA) is 123 Å². The molecule has 0 spiro atoms. The van der Waals surface area contributed by atoms with Crippen molar-refractivity contribution in [3.05, 3.63) is 35.7 Å². The lowest BCUT2D eigenvalue weighted by atomic mass is 9.84. The summed E-state index contributed by atoms with van der Waals surface area (Å²) >= 11 is 0. The van der Waals surface area contributed by atoms with Gasteiger partial charge in [0.15, 0.2) is 5.78 Å². The van der Waals surface area contributed by atoms with Crippen LogP contribution in [0.3, 0.4) is 0 Å². The zero-order valence-electron chi connectivity index (χ0n) is 20.8. The van der Waals surface area contributed by atoms with Crippen LogP contribution in [0.25, 0.3) is 22.2 Å². The zero-order valence-corrected chi connectivity index (χ0v) is 20.8. The lowest BCUT2D eigenvalue weighted by molar-refractivity contribution is -0.140. The second kappa shape index (κ2) is 8.86. The third kappa shape index (κ3) is 4.30. The van der Waals surface area contributed by atoms with Crippen LogP contribution in [0.4, 0.5) is 0 Å². The minimum atomic E-state index is -0.682. The second-order valence-corrected chi connectivity index (χ2v) is 9.76. The van der Waals surface area contributed by atoms with Crippen LogP contribution in [-0.2, 0) is 16.1 Å². The van der Waals surface area contributed by atoms with Gasteiger partial charge >= 0.3 is 0 Å². The zero-order chi connectivity index (χ0) is 25.7. The Labute approximate surface area is 205 Å². The number of Topliss-reactive ketones (excluding diaryl/α,β-unsaturated/α-hetero) is 1. The molecule has 2 atom stereocenters. The molecule has 2 radical (unpaired) electrons. The number of carbonyl (C=O) groups is 3. The number of hydrogen-bond donors (Lipinski definition) is 1. The Morgan fingerprint density at radius 1 is 1.20 bits per heavy atom. The van der Waals surface area contributed by atoms with Crippen molar-refractivity contribution in [3.63, 3.8) is 0 Å². The minimum Gasteiger partial charge on any atom is -0.407 e. The molecule has 1 fully saturated rings. The van der Waals surface area contributed by atoms with E-state index in [9.17, 15) is 14.4 Å². The van der Waals surface area contributed by atoms with Gasteiger partial charge in [-0.2, -0.15) is 5.10 Å². The summed E-state index contributed by atoms with van der Waals surface area (Å²) in [5, 5.41) is 7.26. The number of likely N-dealkylation sites (tertiary alicyclic amines) is 1. The summed E-state index contributed by atoms with van der Waals surface area (Å²) < 4.78 is 1.50. The third-order valence-electron chi connectivity index (χ3n) is 6.93. The molecule has 0 aromatic carbocycles. The van der Waals surface area contributed by atoms with Crippen molar-refractivity contribution in [3.8, 4) is 11.3 Å². The van der Waals surface area contributed by atoms with Crippen LogP contribution in [-0.4, -0.2) is 67.3 Å². The summed E-state index contributed by atoms with van der Waals surface area (Å²) in [6.07, 6.45) is 3.84. The Kier molecular flexibility index (Phi) is 6.20. The minimum absolute atomic E-state index is 0.145. The summed E-state index contributed by atoms with van der Waals surface area (Å²) in [6, 6.07) is 0.894. The highest BCUT2D eigenvalue weighted by Crippen LogP contribution is 2.40. The lowest BCUT2D eigenvalue weighted by Crippen LogP contribution is -2.49. The van der Waals surface area contributed by atoms with E-state index in [1.165, 1.54) is 11.6 Å². The number of aromatic nitrogens is 5. The van der Waals surface area contributed by atoms with Gasteiger partial charge in [0.1, 0.15) is 24.1 Å². The van der Waals surface area contributed by atoms with Crippen molar-refractivity contribution in [2.24, 2.45) is 5.41 Å². The summed E-state index contributed by atoms with van der Waals surface area (Å²) in [7, 11) is 5.39. The van der Waals surface area contributed by atoms with Crippen LogP contribution < -0.4 is 5.23 Å². The van der Waals surface area contributed by atoms with Gasteiger partial charge < -0.3 is 10.1 Å². The average molecular weight is 473 g/mol. The van der Waals surface area contributed by atoms with Gasteiger partial charge in [0.05, 0.1) is 16.9 Å². The summed E-state index contributed by atoms with van der Waals surface area (Å²) in [5.41, 5.74) is 2.49. The number of ketones is 1. The Hall–Kier alpha value is -3.63. The number of pyridine rings is 1. The molecular formula is C24H28BN7O3. The van der Waals surface area contributed by atoms with E-state index in [4.69, 9.17) is 7.98 Å². The van der Waals surface area contributed by atoms with Crippen LogP contribution >= 0.6 is 0 Å². The van der Waals surface area contributed by atoms with Crippen LogP contribution in [0.2, 0.25) is 0 Å². The summed E-state index contributed by atoms with van der Waals surface area (Å²) in [5.74, 6) is -0.280. The molecule has 1 aliphatic heterocycles. The van der Waals surface area contributed by atoms with Crippen LogP contribution in [0, 0.1) is 19.3 Å². The van der Waals surface area contributed by atoms with Gasteiger partial charge in [0.2, 0.25) is 19.8 Å². The van der Waals surface area contributed by atoms with E-state index in [0.717, 1.165) is 0 Å². The number of nitrogens with zero attached hydrogens (tertiary/aromatic N) is 6. The highest BCUT2D eigenvalue weighted by atomic mass is 16.2. The highest BCUT2D eigenvalue weighted by Gasteiger charge is 2.48. The predicted octanol–water partition coefficient (Wildman–Crippen LogP) is 1.92. The first-order valence-corrected chi connectivity index (χ1v) is 11.4. The fourth-order valence-corrected chi connectivity index (χ4v) is 4.77. The predicted molar refractivity (Wildman–Crippen MR) is 130 cm³/mol. The van der Waals surface area contributed by atoms with Crippen molar-refractivity contribution in [2.75, 3.05) is 0 Å². The van der Waals surface area contributed by atoms with E-state index in [1.807, 2.05) is 20.8 Å². The molecule has 35 heavy (non-hydrogen) atoms. The van der Waals surface area contributed by atoms with Gasteiger partial charge in [0, 0.05) is 36.3 Å². The number of hydrogen-bond acceptors (Lipinski definition) is 7. The van der Waals surface area contributed by atoms with Gasteiger partial charge in [-0.15, -0.1) is 0 Å². The van der Waals surface area contributed by atoms with Gasteiger partial charge in [-0.05, 0) is 38.7 Å². The Morgan fingerprint density at radius 3 is 2.46 bits per heavy atom. The summed E-state index contributed by atoms with van der Waals surface area (Å²) in [6.45, 7) is 10.8. The first kappa shape index (κ1) is 24.5. The number of aryl methyl sites for hydroxylation is 2. The lowest BCUT2D eigenvalue weighted by Gasteiger charge is -2.31. The first-order valence-electron chi connectivity index (χ1n) is 11.4. The molecule has 4 rings (SSSR count). The van der Waals surface area contributed by atoms with E-state index in [0.29, 0.717) is 40.1 Å². The van der Waals surface area contributed by atoms with E-state index in [-0.39, 0.29) is 35.4 Å². The molecule has 3 aromatic rings. The Morgan fingerprint density at radius 2 is 1.86 bits per heavy atom. The smallest absolute Gasteiger partial charge is 0.245 e. The van der Waals surface area contributed by atoms with Crippen molar-refractivity contribution >= 4 is 36.5 Å². The number of amides is 2. The molecule has 0 bridgehead atoms. The van der Waals surface area contributed by atoms with E-state index in [2.05, 4.69) is 25.3 Å². The molecule has 4 heterocycles. The maximum Gasteiger partial charge on any atom is 0.245 e. The molecule has 180 valence electrons. The van der Waals surface area contributed by atoms with E-state index in [1.54, 1.807) is 37.2 Å². The van der Waals surface area contributed by atoms with Crippen LogP contribution in [0.5, 0.6) is 0 Å². The van der Waals surface area contributed by atoms with Gasteiger partial charge in [-0.3, -0.25) is 24.0 Å². The van der Waals surface area contributed by atoms with Gasteiger partial charge in [-0.1, -0.05) is 13.8 Å². The largest absolute Gasteiger partial charge is 0.407 e. The van der Waals surface area contributed by atoms with Crippen LogP contribution in [0.1, 0.15) is 56.1 Å². The van der Waals surface area contributed by atoms with Gasteiger partial charge in [-0.25, -0.2) is 9.97 Å². The number of carbonyl (C=O) groups excluding carboxylic acids is 3. The molecule has 0 saturated carbocycles. The van der Waals surface area contributed by atoms with Crippen molar-refractivity contribution < 1.29 is 14.4 Å². The number of fused-ring (bicyclic) bond motifs is 1. The summed E-state index contributed by atoms with van der Waals surface area (Å²) in [4.78, 5) is 53.1. The molecule has 10 nitrogen and oxygen atoms in total. The number of rotatable bonds is 5. The van der Waals surface area contributed by atoms with Crippen molar-refractivity contribution in [1.82, 2.24) is 34.9 Å². The Bertz CT molecular complexity index is 1330. The van der Waals surface area contributed by atoms with E-state index >= 15 is 0 Å². The van der Waals surface area contributed by atoms with Crippen molar-refractivity contribution in [1.29, 1.82) is 0 Å². The third-order valence-corrected chi connectivity index (χ3v) is 6.93. The molecule has 0 aliphatic carbocycles. The number of nitrogens with one attached hydrogen (secondary N) is 1. The fraction of sp³-hybridized carbons (Fsp3) is 0.458. The van der Waals surface area contributed by atoms with Crippen molar-refractivity contribution in [2.45, 2.75) is 66.6 Å². The molecule has 1 N–H and O–H groups in total. The average Bonchev–Trinajstić information content (AvgIpc) is 3.28. The van der Waals surface area contributed by atoms with Gasteiger partial charge in [0.25, 0.3) is 0 Å². The second-order valence-electron chi connectivity index (χ2n) is 9.76. The standard InChI is InChI=1S/C24H28BN7O3/c1-12-22-17(7-18(28-12)16-9-26-15(4)27-10-16)21(13(2)33)30-31(22)11-20(34)32-14(3)24(5,6)8-19(32)23(35)29-25/h7,9-10,14,19H,8,11H2,1-6H3,(H,29,35)/t14-,19+/m1/s1. The quantitative estimate of drug-likeness (QED) is 0.444. The maximum atomic E-state index is 13.5. The molecule has 2 amide bonds. The fourth-order valence-electron chi connectivity index (χ4n) is 4.77. The molecule has 0 unspecified atom stereocenters. The molecule has 1 aliphatic rings.